The zero-order valence-corrected chi connectivity index (χ0v) is 20.8. The molecule has 1 unspecified atom stereocenters. The van der Waals surface area contributed by atoms with Gasteiger partial charge in [0.1, 0.15) is 17.7 Å². The number of benzene rings is 1. The van der Waals surface area contributed by atoms with Gasteiger partial charge in [-0.1, -0.05) is 25.4 Å². The molecule has 5 rings (SSSR count). The molecule has 35 heavy (non-hydrogen) atoms. The first-order valence-corrected chi connectivity index (χ1v) is 12.6. The first-order chi connectivity index (χ1) is 16.8. The van der Waals surface area contributed by atoms with Gasteiger partial charge in [-0.2, -0.15) is 0 Å². The van der Waals surface area contributed by atoms with Crippen molar-refractivity contribution in [2.24, 2.45) is 11.7 Å². The summed E-state index contributed by atoms with van der Waals surface area (Å²) >= 11 is 5.89. The van der Waals surface area contributed by atoms with Crippen molar-refractivity contribution < 1.29 is 13.9 Å². The molecule has 0 spiro atoms. The third-order valence-electron chi connectivity index (χ3n) is 7.16. The van der Waals surface area contributed by atoms with Gasteiger partial charge in [-0.3, -0.25) is 9.69 Å². The van der Waals surface area contributed by atoms with Crippen molar-refractivity contribution in [1.29, 1.82) is 0 Å². The molecule has 0 saturated carbocycles. The van der Waals surface area contributed by atoms with Gasteiger partial charge in [-0.25, -0.2) is 14.4 Å². The molecule has 3 aliphatic heterocycles. The van der Waals surface area contributed by atoms with Crippen LogP contribution in [0.5, 0.6) is 5.75 Å². The minimum Gasteiger partial charge on any atom is -0.489 e. The summed E-state index contributed by atoms with van der Waals surface area (Å²) < 4.78 is 20.6. The monoisotopic (exact) mass is 499 g/mol. The molecule has 2 bridgehead atoms. The highest BCUT2D eigenvalue weighted by Gasteiger charge is 2.42. The average molecular weight is 500 g/mol. The number of amides is 1. The van der Waals surface area contributed by atoms with Crippen molar-refractivity contribution in [3.63, 3.8) is 0 Å². The summed E-state index contributed by atoms with van der Waals surface area (Å²) in [6.07, 6.45) is 7.08. The molecule has 2 fully saturated rings. The molecule has 2 saturated heterocycles. The van der Waals surface area contributed by atoms with Crippen LogP contribution in [0.3, 0.4) is 0 Å². The lowest BCUT2D eigenvalue weighted by Gasteiger charge is -2.40. The third kappa shape index (κ3) is 5.00. The van der Waals surface area contributed by atoms with E-state index in [1.807, 2.05) is 0 Å². The van der Waals surface area contributed by atoms with Crippen LogP contribution >= 0.6 is 11.6 Å². The van der Waals surface area contributed by atoms with Gasteiger partial charge in [0.25, 0.3) is 5.91 Å². The number of rotatable bonds is 6. The lowest BCUT2D eigenvalue weighted by Crippen LogP contribution is -2.47. The van der Waals surface area contributed by atoms with E-state index in [0.717, 1.165) is 19.4 Å². The number of hydrogen-bond acceptors (Lipinski definition) is 6. The number of nitrogens with zero attached hydrogens (tertiary/aromatic N) is 4. The van der Waals surface area contributed by atoms with Gasteiger partial charge in [-0.15, -0.1) is 0 Å². The molecule has 1 aromatic carbocycles. The number of aromatic nitrogens is 2. The molecule has 4 heterocycles. The molecule has 0 radical (unpaired) electrons. The number of carbonyl (C=O) groups excluding carboxylic acids is 1. The fourth-order valence-corrected chi connectivity index (χ4v) is 5.73. The van der Waals surface area contributed by atoms with Crippen molar-refractivity contribution in [2.45, 2.75) is 57.7 Å². The number of carbonyl (C=O) groups is 1. The molecule has 9 heteroatoms. The normalized spacial score (nSPS) is 24.5. The Morgan fingerprint density at radius 1 is 1.20 bits per heavy atom. The van der Waals surface area contributed by atoms with Gasteiger partial charge in [0.15, 0.2) is 5.82 Å². The number of hydrogen-bond donors (Lipinski definition) is 1. The van der Waals surface area contributed by atoms with Crippen molar-refractivity contribution in [3.8, 4) is 5.75 Å². The van der Waals surface area contributed by atoms with Crippen LogP contribution < -0.4 is 10.5 Å². The Hall–Kier alpha value is -2.71. The molecule has 3 aliphatic rings. The summed E-state index contributed by atoms with van der Waals surface area (Å²) in [4.78, 5) is 26.2. The number of nitrogens with two attached hydrogens (primary N) is 1. The van der Waals surface area contributed by atoms with Gasteiger partial charge in [0.05, 0.1) is 23.7 Å². The Morgan fingerprint density at radius 3 is 2.54 bits per heavy atom. The summed E-state index contributed by atoms with van der Waals surface area (Å²) in [5.74, 6) is 0.679. The van der Waals surface area contributed by atoms with E-state index >= 15 is 0 Å². The van der Waals surface area contributed by atoms with Gasteiger partial charge in [0, 0.05) is 48.4 Å². The summed E-state index contributed by atoms with van der Waals surface area (Å²) in [7, 11) is 0. The van der Waals surface area contributed by atoms with E-state index in [-0.39, 0.29) is 25.1 Å². The van der Waals surface area contributed by atoms with Crippen LogP contribution in [0.2, 0.25) is 5.02 Å². The second-order valence-electron chi connectivity index (χ2n) is 10.2. The first kappa shape index (κ1) is 24.0. The Balaban J connectivity index is 1.31. The molecular weight excluding hydrogens is 469 g/mol. The summed E-state index contributed by atoms with van der Waals surface area (Å²) in [6, 6.07) is 5.09. The Morgan fingerprint density at radius 2 is 1.89 bits per heavy atom. The molecule has 7 nitrogen and oxygen atoms in total. The van der Waals surface area contributed by atoms with Crippen LogP contribution in [0.25, 0.3) is 5.57 Å². The number of ether oxygens (including phenoxy) is 1. The molecular formula is C26H31ClFN5O2. The Labute approximate surface area is 210 Å². The van der Waals surface area contributed by atoms with Crippen LogP contribution in [0, 0.1) is 11.7 Å². The van der Waals surface area contributed by atoms with Crippen LogP contribution in [0.4, 0.5) is 4.39 Å². The van der Waals surface area contributed by atoms with Crippen molar-refractivity contribution in [1.82, 2.24) is 19.8 Å². The fourth-order valence-electron chi connectivity index (χ4n) is 5.64. The van der Waals surface area contributed by atoms with Crippen LogP contribution in [0.1, 0.15) is 55.7 Å². The minimum atomic E-state index is -0.425. The third-order valence-corrected chi connectivity index (χ3v) is 7.36. The number of piperidine rings is 1. The van der Waals surface area contributed by atoms with Gasteiger partial charge in [-0.05, 0) is 43.7 Å². The van der Waals surface area contributed by atoms with E-state index in [0.29, 0.717) is 51.4 Å². The highest BCUT2D eigenvalue weighted by Crippen LogP contribution is 2.38. The largest absolute Gasteiger partial charge is 0.489 e. The molecule has 186 valence electrons. The Bertz CT molecular complexity index is 1130. The zero-order valence-electron chi connectivity index (χ0n) is 20.1. The summed E-state index contributed by atoms with van der Waals surface area (Å²) in [5.41, 5.74) is 7.79. The van der Waals surface area contributed by atoms with Crippen LogP contribution in [0.15, 0.2) is 36.3 Å². The summed E-state index contributed by atoms with van der Waals surface area (Å²) in [5, 5.41) is 0.426. The molecule has 1 amide bonds. The molecule has 3 atom stereocenters. The number of halogens is 2. The standard InChI is InChI=1S/C26H31ClFN5O2/c1-15(2)12-33-18-4-5-19(33)9-20(8-18)35-24-7-17(28)3-6-21(24)26(34)32-13-22(23(29)14-32)25-30-10-16(27)11-31-25/h3,6-7,10-11,15,18-20H,4-5,8-9,12-14,29H2,1-2H3/t18-,19+,20?. The Kier molecular flexibility index (Phi) is 6.68. The fraction of sp³-hybridized carbons (Fsp3) is 0.500. The maximum absolute atomic E-state index is 14.2. The minimum absolute atomic E-state index is 0.0379. The van der Waals surface area contributed by atoms with E-state index < -0.39 is 5.82 Å². The van der Waals surface area contributed by atoms with Gasteiger partial charge < -0.3 is 15.4 Å². The van der Waals surface area contributed by atoms with E-state index in [2.05, 4.69) is 28.7 Å². The predicted molar refractivity (Wildman–Crippen MR) is 132 cm³/mol. The molecule has 2 aromatic rings. The quantitative estimate of drug-likeness (QED) is 0.643. The van der Waals surface area contributed by atoms with Crippen molar-refractivity contribution >= 4 is 23.1 Å². The van der Waals surface area contributed by atoms with Crippen LogP contribution in [-0.4, -0.2) is 63.5 Å². The van der Waals surface area contributed by atoms with Gasteiger partial charge >= 0.3 is 0 Å². The lowest BCUT2D eigenvalue weighted by molar-refractivity contribution is 0.0414. The maximum atomic E-state index is 14.2. The van der Waals surface area contributed by atoms with Crippen LogP contribution in [-0.2, 0) is 0 Å². The zero-order chi connectivity index (χ0) is 24.7. The van der Waals surface area contributed by atoms with E-state index in [9.17, 15) is 9.18 Å². The molecule has 1 aromatic heterocycles. The van der Waals surface area contributed by atoms with E-state index in [1.54, 1.807) is 4.90 Å². The second-order valence-corrected chi connectivity index (χ2v) is 10.7. The highest BCUT2D eigenvalue weighted by atomic mass is 35.5. The van der Waals surface area contributed by atoms with Gasteiger partial charge in [0.2, 0.25) is 0 Å². The maximum Gasteiger partial charge on any atom is 0.258 e. The predicted octanol–water partition coefficient (Wildman–Crippen LogP) is 4.13. The second kappa shape index (κ2) is 9.74. The lowest BCUT2D eigenvalue weighted by atomic mass is 9.98. The number of fused-ring (bicyclic) bond motifs is 2. The van der Waals surface area contributed by atoms with Crippen molar-refractivity contribution in [2.75, 3.05) is 19.6 Å². The van der Waals surface area contributed by atoms with E-state index in [4.69, 9.17) is 22.1 Å². The molecule has 2 N–H and O–H groups in total. The smallest absolute Gasteiger partial charge is 0.258 e. The average Bonchev–Trinajstić information content (AvgIpc) is 3.29. The highest BCUT2D eigenvalue weighted by molar-refractivity contribution is 6.30. The molecule has 0 aliphatic carbocycles. The van der Waals surface area contributed by atoms with E-state index in [1.165, 1.54) is 43.4 Å². The first-order valence-electron chi connectivity index (χ1n) is 12.2. The summed E-state index contributed by atoms with van der Waals surface area (Å²) in [6.45, 7) is 6.10. The topological polar surface area (TPSA) is 84.6 Å². The SMILES string of the molecule is CC(C)CN1[C@@H]2CC[C@H]1CC(Oc1cc(F)ccc1C(=O)N1CC(N)=C(c3ncc(Cl)cn3)C1)C2. The van der Waals surface area contributed by atoms with Crippen molar-refractivity contribution in [3.05, 3.63) is 58.5 Å².